The Labute approximate surface area is 159 Å². The van der Waals surface area contributed by atoms with Gasteiger partial charge in [0.05, 0.1) is 0 Å². The molecule has 0 radical (unpaired) electrons. The number of amides is 1. The second kappa shape index (κ2) is 8.56. The third-order valence-corrected chi connectivity index (χ3v) is 5.16. The zero-order valence-electron chi connectivity index (χ0n) is 15.0. The van der Waals surface area contributed by atoms with E-state index in [0.717, 1.165) is 24.9 Å². The highest BCUT2D eigenvalue weighted by molar-refractivity contribution is 6.30. The van der Waals surface area contributed by atoms with Crippen LogP contribution in [0.15, 0.2) is 54.6 Å². The van der Waals surface area contributed by atoms with Crippen molar-refractivity contribution in [2.45, 2.75) is 31.9 Å². The van der Waals surface area contributed by atoms with Gasteiger partial charge >= 0.3 is 0 Å². The molecule has 0 spiro atoms. The molecule has 2 aromatic carbocycles. The largest absolute Gasteiger partial charge is 0.476 e. The highest BCUT2D eigenvalue weighted by atomic mass is 35.5. The molecule has 26 heavy (non-hydrogen) atoms. The number of nitrogens with zero attached hydrogens (tertiary/aromatic N) is 1. The van der Waals surface area contributed by atoms with E-state index in [1.807, 2.05) is 42.2 Å². The van der Waals surface area contributed by atoms with E-state index in [9.17, 15) is 4.79 Å². The third kappa shape index (κ3) is 4.57. The lowest BCUT2D eigenvalue weighted by Gasteiger charge is -2.36. The van der Waals surface area contributed by atoms with Crippen molar-refractivity contribution >= 4 is 17.5 Å². The maximum atomic E-state index is 13.3. The van der Waals surface area contributed by atoms with Crippen LogP contribution in [-0.4, -0.2) is 29.9 Å². The summed E-state index contributed by atoms with van der Waals surface area (Å²) in [6.45, 7) is 3.44. The number of hydrogen-bond donors (Lipinski definition) is 1. The summed E-state index contributed by atoms with van der Waals surface area (Å²) in [5, 5.41) is 0.635. The zero-order chi connectivity index (χ0) is 18.5. The van der Waals surface area contributed by atoms with E-state index in [1.54, 1.807) is 24.3 Å². The van der Waals surface area contributed by atoms with Gasteiger partial charge in [-0.2, -0.15) is 0 Å². The first-order valence-corrected chi connectivity index (χ1v) is 9.44. The molecule has 1 amide bonds. The summed E-state index contributed by atoms with van der Waals surface area (Å²) < 4.78 is 6.09. The Bertz CT molecular complexity index is 719. The van der Waals surface area contributed by atoms with Gasteiger partial charge in [-0.25, -0.2) is 0 Å². The summed E-state index contributed by atoms with van der Waals surface area (Å²) in [5.41, 5.74) is 6.92. The average molecular weight is 373 g/mol. The van der Waals surface area contributed by atoms with E-state index < -0.39 is 6.10 Å². The Morgan fingerprint density at radius 3 is 2.54 bits per heavy atom. The lowest BCUT2D eigenvalue weighted by Crippen LogP contribution is -2.47. The molecule has 0 aromatic heterocycles. The van der Waals surface area contributed by atoms with Gasteiger partial charge in [0.25, 0.3) is 5.91 Å². The SMILES string of the molecule is CC(N)C1CCCN(C(=O)C(Oc2ccc(Cl)cc2)c2ccccc2)C1. The van der Waals surface area contributed by atoms with Crippen molar-refractivity contribution in [3.8, 4) is 5.75 Å². The fourth-order valence-electron chi connectivity index (χ4n) is 3.34. The molecule has 2 aromatic rings. The van der Waals surface area contributed by atoms with Crippen LogP contribution < -0.4 is 10.5 Å². The monoisotopic (exact) mass is 372 g/mol. The number of benzene rings is 2. The van der Waals surface area contributed by atoms with Gasteiger partial charge in [-0.1, -0.05) is 41.9 Å². The fourth-order valence-corrected chi connectivity index (χ4v) is 3.47. The summed E-state index contributed by atoms with van der Waals surface area (Å²) in [6.07, 6.45) is 1.36. The molecule has 3 unspecified atom stereocenters. The second-order valence-corrected chi connectivity index (χ2v) is 7.34. The van der Waals surface area contributed by atoms with Crippen LogP contribution >= 0.6 is 11.6 Å². The van der Waals surface area contributed by atoms with Crippen LogP contribution in [0.4, 0.5) is 0 Å². The number of carbonyl (C=O) groups is 1. The first-order valence-electron chi connectivity index (χ1n) is 9.06. The van der Waals surface area contributed by atoms with E-state index in [1.165, 1.54) is 0 Å². The summed E-state index contributed by atoms with van der Waals surface area (Å²) in [6, 6.07) is 16.8. The maximum Gasteiger partial charge on any atom is 0.268 e. The van der Waals surface area contributed by atoms with Gasteiger partial charge in [0.2, 0.25) is 6.10 Å². The number of piperidine rings is 1. The van der Waals surface area contributed by atoms with E-state index in [-0.39, 0.29) is 11.9 Å². The lowest BCUT2D eigenvalue weighted by atomic mass is 9.91. The third-order valence-electron chi connectivity index (χ3n) is 4.91. The number of ether oxygens (including phenoxy) is 1. The molecule has 1 fully saturated rings. The molecule has 138 valence electrons. The Morgan fingerprint density at radius 2 is 1.88 bits per heavy atom. The van der Waals surface area contributed by atoms with Crippen molar-refractivity contribution in [3.05, 3.63) is 65.2 Å². The van der Waals surface area contributed by atoms with Gasteiger partial charge < -0.3 is 15.4 Å². The number of likely N-dealkylation sites (tertiary alicyclic amines) is 1. The van der Waals surface area contributed by atoms with Crippen LogP contribution in [0.3, 0.4) is 0 Å². The molecule has 1 saturated heterocycles. The molecule has 3 rings (SSSR count). The quantitative estimate of drug-likeness (QED) is 0.861. The molecule has 5 heteroatoms. The van der Waals surface area contributed by atoms with Gasteiger partial charge in [0.15, 0.2) is 0 Å². The number of hydrogen-bond acceptors (Lipinski definition) is 3. The number of rotatable bonds is 5. The summed E-state index contributed by atoms with van der Waals surface area (Å²) in [4.78, 5) is 15.2. The van der Waals surface area contributed by atoms with Crippen LogP contribution in [0.1, 0.15) is 31.4 Å². The van der Waals surface area contributed by atoms with E-state index >= 15 is 0 Å². The van der Waals surface area contributed by atoms with Gasteiger partial charge in [0.1, 0.15) is 5.75 Å². The van der Waals surface area contributed by atoms with Crippen molar-refractivity contribution in [1.29, 1.82) is 0 Å². The molecule has 0 aliphatic carbocycles. The minimum Gasteiger partial charge on any atom is -0.476 e. The first kappa shape index (κ1) is 18.7. The minimum absolute atomic E-state index is 0.0171. The van der Waals surface area contributed by atoms with E-state index in [4.69, 9.17) is 22.1 Å². The van der Waals surface area contributed by atoms with Crippen LogP contribution in [0.25, 0.3) is 0 Å². The smallest absolute Gasteiger partial charge is 0.268 e. The molecule has 1 aliphatic rings. The molecule has 1 heterocycles. The summed E-state index contributed by atoms with van der Waals surface area (Å²) in [5.74, 6) is 0.938. The number of halogens is 1. The van der Waals surface area contributed by atoms with Gasteiger partial charge in [-0.05, 0) is 49.9 Å². The zero-order valence-corrected chi connectivity index (χ0v) is 15.7. The molecule has 0 bridgehead atoms. The summed E-state index contributed by atoms with van der Waals surface area (Å²) >= 11 is 5.95. The fraction of sp³-hybridized carbons (Fsp3) is 0.381. The molecule has 0 saturated carbocycles. The lowest BCUT2D eigenvalue weighted by molar-refractivity contribution is -0.141. The minimum atomic E-state index is -0.677. The Morgan fingerprint density at radius 1 is 1.19 bits per heavy atom. The first-order chi connectivity index (χ1) is 12.5. The van der Waals surface area contributed by atoms with Gasteiger partial charge in [-0.3, -0.25) is 4.79 Å². The van der Waals surface area contributed by atoms with E-state index in [2.05, 4.69) is 0 Å². The van der Waals surface area contributed by atoms with Crippen molar-refractivity contribution in [2.75, 3.05) is 13.1 Å². The van der Waals surface area contributed by atoms with E-state index in [0.29, 0.717) is 23.2 Å². The molecule has 3 atom stereocenters. The Kier molecular flexibility index (Phi) is 6.17. The molecule has 2 N–H and O–H groups in total. The van der Waals surface area contributed by atoms with Crippen molar-refractivity contribution in [3.63, 3.8) is 0 Å². The van der Waals surface area contributed by atoms with Crippen LogP contribution in [-0.2, 0) is 4.79 Å². The topological polar surface area (TPSA) is 55.6 Å². The van der Waals surface area contributed by atoms with Crippen LogP contribution in [0.5, 0.6) is 5.75 Å². The number of nitrogens with two attached hydrogens (primary N) is 1. The van der Waals surface area contributed by atoms with Crippen molar-refractivity contribution in [1.82, 2.24) is 4.90 Å². The normalized spacial score (nSPS) is 19.7. The maximum absolute atomic E-state index is 13.3. The van der Waals surface area contributed by atoms with Gasteiger partial charge in [-0.15, -0.1) is 0 Å². The van der Waals surface area contributed by atoms with Crippen LogP contribution in [0, 0.1) is 5.92 Å². The number of carbonyl (C=O) groups excluding carboxylic acids is 1. The molecular weight excluding hydrogens is 348 g/mol. The van der Waals surface area contributed by atoms with Crippen LogP contribution in [0.2, 0.25) is 5.02 Å². The summed E-state index contributed by atoms with van der Waals surface area (Å²) in [7, 11) is 0. The molecule has 1 aliphatic heterocycles. The molecule has 4 nitrogen and oxygen atoms in total. The Hall–Kier alpha value is -2.04. The standard InChI is InChI=1S/C21H25ClN2O2/c1-15(23)17-8-5-13-24(14-17)21(25)20(16-6-3-2-4-7-16)26-19-11-9-18(22)10-12-19/h2-4,6-7,9-12,15,17,20H,5,8,13-14,23H2,1H3. The highest BCUT2D eigenvalue weighted by Crippen LogP contribution is 2.28. The predicted molar refractivity (Wildman–Crippen MR) is 104 cm³/mol. The Balaban J connectivity index is 1.82. The van der Waals surface area contributed by atoms with Crippen molar-refractivity contribution in [2.24, 2.45) is 11.7 Å². The van der Waals surface area contributed by atoms with Gasteiger partial charge in [0, 0.05) is 29.7 Å². The predicted octanol–water partition coefficient (Wildman–Crippen LogP) is 4.05. The average Bonchev–Trinajstić information content (AvgIpc) is 2.68. The second-order valence-electron chi connectivity index (χ2n) is 6.91. The van der Waals surface area contributed by atoms with Crippen molar-refractivity contribution < 1.29 is 9.53 Å². The molecular formula is C21H25ClN2O2. The highest BCUT2D eigenvalue weighted by Gasteiger charge is 2.32.